The molecule has 0 bridgehead atoms. The normalized spacial score (nSPS) is 15.0. The highest BCUT2D eigenvalue weighted by molar-refractivity contribution is 4.65. The van der Waals surface area contributed by atoms with Crippen LogP contribution in [0.15, 0.2) is 0 Å². The van der Waals surface area contributed by atoms with E-state index in [4.69, 9.17) is 0 Å². The minimum atomic E-state index is -3.98. The Morgan fingerprint density at radius 2 is 2.00 bits per heavy atom. The SMILES string of the molecule is CCCOC(F)(F)C(F)CF. The fraction of sp³-hybridized carbons (Fsp3) is 1.00. The Morgan fingerprint density at radius 1 is 1.45 bits per heavy atom. The van der Waals surface area contributed by atoms with E-state index in [0.29, 0.717) is 6.42 Å². The number of hydrogen-bond donors (Lipinski definition) is 0. The molecule has 68 valence electrons. The van der Waals surface area contributed by atoms with Crippen molar-refractivity contribution >= 4 is 0 Å². The van der Waals surface area contributed by atoms with Crippen molar-refractivity contribution in [2.24, 2.45) is 0 Å². The van der Waals surface area contributed by atoms with E-state index in [9.17, 15) is 17.6 Å². The summed E-state index contributed by atoms with van der Waals surface area (Å²) in [5.74, 6) is 0. The summed E-state index contributed by atoms with van der Waals surface area (Å²) in [6, 6.07) is 0. The van der Waals surface area contributed by atoms with Crippen LogP contribution in [0.2, 0.25) is 0 Å². The van der Waals surface area contributed by atoms with Gasteiger partial charge in [0.05, 0.1) is 6.61 Å². The highest BCUT2D eigenvalue weighted by atomic mass is 19.3. The molecule has 0 saturated heterocycles. The van der Waals surface area contributed by atoms with Crippen LogP contribution in [0.4, 0.5) is 17.6 Å². The highest BCUT2D eigenvalue weighted by Crippen LogP contribution is 2.23. The summed E-state index contributed by atoms with van der Waals surface area (Å²) in [5, 5.41) is 0. The van der Waals surface area contributed by atoms with Gasteiger partial charge < -0.3 is 4.74 Å². The van der Waals surface area contributed by atoms with Gasteiger partial charge in [-0.2, -0.15) is 8.78 Å². The van der Waals surface area contributed by atoms with Crippen LogP contribution in [0.3, 0.4) is 0 Å². The molecule has 0 aliphatic heterocycles. The van der Waals surface area contributed by atoms with E-state index >= 15 is 0 Å². The molecule has 0 aromatic rings. The molecule has 0 aliphatic carbocycles. The zero-order valence-corrected chi connectivity index (χ0v) is 6.12. The summed E-state index contributed by atoms with van der Waals surface area (Å²) in [5.41, 5.74) is 0. The predicted molar refractivity (Wildman–Crippen MR) is 32.1 cm³/mol. The molecule has 0 rings (SSSR count). The van der Waals surface area contributed by atoms with E-state index < -0.39 is 19.0 Å². The van der Waals surface area contributed by atoms with Gasteiger partial charge in [0.15, 0.2) is 0 Å². The van der Waals surface area contributed by atoms with Crippen LogP contribution >= 0.6 is 0 Å². The number of ether oxygens (including phenoxy) is 1. The Bertz CT molecular complexity index is 107. The Balaban J connectivity index is 3.77. The lowest BCUT2D eigenvalue weighted by atomic mass is 10.4. The van der Waals surface area contributed by atoms with Crippen molar-refractivity contribution in [3.8, 4) is 0 Å². The molecule has 11 heavy (non-hydrogen) atoms. The quantitative estimate of drug-likeness (QED) is 0.581. The standard InChI is InChI=1S/C6H10F4O/c1-2-3-11-6(9,10)5(8)4-7/h5H,2-4H2,1H3. The van der Waals surface area contributed by atoms with Gasteiger partial charge in [0.2, 0.25) is 6.17 Å². The summed E-state index contributed by atoms with van der Waals surface area (Å²) in [7, 11) is 0. The molecule has 1 unspecified atom stereocenters. The second kappa shape index (κ2) is 4.54. The summed E-state index contributed by atoms with van der Waals surface area (Å²) < 4.78 is 51.5. The van der Waals surface area contributed by atoms with Crippen molar-refractivity contribution < 1.29 is 22.3 Å². The topological polar surface area (TPSA) is 9.23 Å². The molecule has 0 aromatic heterocycles. The van der Waals surface area contributed by atoms with Crippen molar-refractivity contribution in [1.82, 2.24) is 0 Å². The van der Waals surface area contributed by atoms with E-state index in [0.717, 1.165) is 0 Å². The van der Waals surface area contributed by atoms with E-state index in [-0.39, 0.29) is 6.61 Å². The molecule has 5 heteroatoms. The van der Waals surface area contributed by atoms with Crippen LogP contribution in [-0.2, 0) is 4.74 Å². The summed E-state index contributed by atoms with van der Waals surface area (Å²) in [6.07, 6.45) is -6.49. The second-order valence-corrected chi connectivity index (χ2v) is 2.03. The molecule has 1 atom stereocenters. The van der Waals surface area contributed by atoms with E-state index in [1.807, 2.05) is 0 Å². The zero-order valence-electron chi connectivity index (χ0n) is 6.12. The first-order chi connectivity index (χ1) is 5.04. The number of halogens is 4. The van der Waals surface area contributed by atoms with E-state index in [1.165, 1.54) is 0 Å². The lowest BCUT2D eigenvalue weighted by Gasteiger charge is -2.17. The largest absolute Gasteiger partial charge is 0.389 e. The summed E-state index contributed by atoms with van der Waals surface area (Å²) in [4.78, 5) is 0. The lowest BCUT2D eigenvalue weighted by Crippen LogP contribution is -2.34. The van der Waals surface area contributed by atoms with Gasteiger partial charge in [-0.05, 0) is 6.42 Å². The molecule has 0 aromatic carbocycles. The maximum Gasteiger partial charge on any atom is 0.389 e. The van der Waals surface area contributed by atoms with E-state index in [2.05, 4.69) is 4.74 Å². The molecule has 0 radical (unpaired) electrons. The average molecular weight is 174 g/mol. The lowest BCUT2D eigenvalue weighted by molar-refractivity contribution is -0.275. The van der Waals surface area contributed by atoms with Gasteiger partial charge in [0, 0.05) is 0 Å². The molecular weight excluding hydrogens is 164 g/mol. The molecule has 0 amide bonds. The highest BCUT2D eigenvalue weighted by Gasteiger charge is 2.41. The van der Waals surface area contributed by atoms with Crippen molar-refractivity contribution in [3.63, 3.8) is 0 Å². The van der Waals surface area contributed by atoms with Gasteiger partial charge in [0.1, 0.15) is 6.67 Å². The Kier molecular flexibility index (Phi) is 4.40. The minimum Gasteiger partial charge on any atom is -0.318 e. The molecule has 0 saturated carbocycles. The number of alkyl halides is 4. The van der Waals surface area contributed by atoms with Crippen molar-refractivity contribution in [2.45, 2.75) is 25.6 Å². The third-order valence-corrected chi connectivity index (χ3v) is 0.999. The predicted octanol–water partition coefficient (Wildman–Crippen LogP) is 2.31. The average Bonchev–Trinajstić information content (AvgIpc) is 1.99. The maximum atomic E-state index is 12.2. The van der Waals surface area contributed by atoms with Crippen LogP contribution in [0.25, 0.3) is 0 Å². The van der Waals surface area contributed by atoms with Crippen LogP contribution in [-0.4, -0.2) is 25.6 Å². The first kappa shape index (κ1) is 10.7. The summed E-state index contributed by atoms with van der Waals surface area (Å²) >= 11 is 0. The molecule has 0 N–H and O–H groups in total. The van der Waals surface area contributed by atoms with Crippen LogP contribution in [0, 0.1) is 0 Å². The van der Waals surface area contributed by atoms with Gasteiger partial charge in [0.25, 0.3) is 0 Å². The van der Waals surface area contributed by atoms with Crippen molar-refractivity contribution in [2.75, 3.05) is 13.3 Å². The first-order valence-electron chi connectivity index (χ1n) is 3.26. The van der Waals surface area contributed by atoms with Gasteiger partial charge in [-0.25, -0.2) is 8.78 Å². The van der Waals surface area contributed by atoms with Crippen molar-refractivity contribution in [3.05, 3.63) is 0 Å². The van der Waals surface area contributed by atoms with Gasteiger partial charge in [-0.3, -0.25) is 0 Å². The van der Waals surface area contributed by atoms with Crippen LogP contribution in [0.5, 0.6) is 0 Å². The molecule has 0 spiro atoms. The van der Waals surface area contributed by atoms with Crippen molar-refractivity contribution in [1.29, 1.82) is 0 Å². The molecule has 1 nitrogen and oxygen atoms in total. The Hall–Kier alpha value is -0.320. The fourth-order valence-corrected chi connectivity index (χ4v) is 0.418. The molecule has 0 heterocycles. The second-order valence-electron chi connectivity index (χ2n) is 2.03. The van der Waals surface area contributed by atoms with Crippen LogP contribution in [0.1, 0.15) is 13.3 Å². The van der Waals surface area contributed by atoms with Crippen LogP contribution < -0.4 is 0 Å². The van der Waals surface area contributed by atoms with Gasteiger partial charge in [-0.15, -0.1) is 0 Å². The maximum absolute atomic E-state index is 12.2. The summed E-state index contributed by atoms with van der Waals surface area (Å²) in [6.45, 7) is -0.400. The third-order valence-electron chi connectivity index (χ3n) is 0.999. The molecule has 0 fully saturated rings. The molecule has 0 aliphatic rings. The monoisotopic (exact) mass is 174 g/mol. The van der Waals surface area contributed by atoms with E-state index in [1.54, 1.807) is 6.92 Å². The number of hydrogen-bond acceptors (Lipinski definition) is 1. The molecular formula is C6H10F4O. The minimum absolute atomic E-state index is 0.270. The fourth-order valence-electron chi connectivity index (χ4n) is 0.418. The Morgan fingerprint density at radius 3 is 2.36 bits per heavy atom. The Labute approximate surface area is 62.3 Å². The van der Waals surface area contributed by atoms with Gasteiger partial charge >= 0.3 is 6.11 Å². The first-order valence-corrected chi connectivity index (χ1v) is 3.26. The number of rotatable bonds is 5. The van der Waals surface area contributed by atoms with Gasteiger partial charge in [-0.1, -0.05) is 6.92 Å². The third kappa shape index (κ3) is 3.55. The zero-order chi connectivity index (χ0) is 8.91. The smallest absolute Gasteiger partial charge is 0.318 e.